The van der Waals surface area contributed by atoms with Crippen molar-refractivity contribution in [2.24, 2.45) is 0 Å². The molecule has 20 aromatic rings. The highest BCUT2D eigenvalue weighted by Gasteiger charge is 2.21. The standard InChI is InChI=1S/2C28H26N2.C27H24N2.C26H22N2/c1-20(2)21-14-16-27-25(18-21)26-19-24(29(3)22-10-6-4-7-11-22)15-17-28(26)30(27)23-12-8-5-9-13-23;1-3-10-21-15-17-27-25(19-21)26-20-24(29(2)22-11-6-4-7-12-22)16-18-28(26)30(27)23-13-8-5-9-14-23;1-3-20-14-16-26-24(18-20)25-19-23(28(2)21-10-6-4-7-11-21)15-17-27(25)29(26)22-12-8-5-9-13-22;1-19-13-15-25-23(17-19)24-18-22(27(2)20-9-5-3-6-10-20)14-16-26(24)28(25)21-11-7-4-8-12-21/h4-20H,1-3H3;4-9,11-20H,3,10H2,1-2H3;4-19H,3H2,1-2H3;3-18H,1-2H3. The summed E-state index contributed by atoms with van der Waals surface area (Å²) < 4.78 is 9.49. The zero-order valence-electron chi connectivity index (χ0n) is 68.2. The summed E-state index contributed by atoms with van der Waals surface area (Å²) in [5, 5.41) is 10.4. The minimum Gasteiger partial charge on any atom is -0.345 e. The predicted molar refractivity (Wildman–Crippen MR) is 503 cm³/mol. The number of fused-ring (bicyclic) bond motifs is 12. The monoisotopic (exact) mass is 1520 g/mol. The van der Waals surface area contributed by atoms with E-state index in [-0.39, 0.29) is 0 Å². The highest BCUT2D eigenvalue weighted by molar-refractivity contribution is 6.14. The van der Waals surface area contributed by atoms with Crippen LogP contribution in [0.5, 0.6) is 0 Å². The topological polar surface area (TPSA) is 32.7 Å². The Morgan fingerprint density at radius 2 is 0.470 bits per heavy atom. The molecule has 0 saturated heterocycles. The molecule has 574 valence electrons. The smallest absolute Gasteiger partial charge is 0.0542 e. The van der Waals surface area contributed by atoms with Crippen LogP contribution in [-0.4, -0.2) is 46.5 Å². The zero-order chi connectivity index (χ0) is 80.0. The second-order valence-electron chi connectivity index (χ2n) is 30.8. The maximum atomic E-state index is 2.38. The fraction of sp³-hybridized carbons (Fsp3) is 0.119. The van der Waals surface area contributed by atoms with Crippen molar-refractivity contribution in [1.29, 1.82) is 0 Å². The van der Waals surface area contributed by atoms with Crippen LogP contribution in [0.3, 0.4) is 0 Å². The third-order valence-electron chi connectivity index (χ3n) is 23.1. The van der Waals surface area contributed by atoms with E-state index < -0.39 is 0 Å². The van der Waals surface area contributed by atoms with Crippen molar-refractivity contribution in [3.8, 4) is 22.7 Å². The first-order chi connectivity index (χ1) is 57.4. The van der Waals surface area contributed by atoms with Crippen molar-refractivity contribution in [1.82, 2.24) is 18.3 Å². The molecule has 0 N–H and O–H groups in total. The molecule has 8 nitrogen and oxygen atoms in total. The molecule has 0 saturated carbocycles. The molecular weight excluding hydrogens is 1420 g/mol. The lowest BCUT2D eigenvalue weighted by atomic mass is 10.0. The summed E-state index contributed by atoms with van der Waals surface area (Å²) in [5.41, 5.74) is 29.7. The largest absolute Gasteiger partial charge is 0.345 e. The van der Waals surface area contributed by atoms with Gasteiger partial charge in [-0.2, -0.15) is 0 Å². The number of aryl methyl sites for hydroxylation is 3. The van der Waals surface area contributed by atoms with Crippen LogP contribution in [0.25, 0.3) is 110 Å². The van der Waals surface area contributed by atoms with E-state index in [1.54, 1.807) is 0 Å². The number of hydrogen-bond acceptors (Lipinski definition) is 4. The molecule has 0 aliphatic heterocycles. The van der Waals surface area contributed by atoms with Gasteiger partial charge in [0.05, 0.1) is 44.1 Å². The van der Waals surface area contributed by atoms with Gasteiger partial charge in [-0.3, -0.25) is 0 Å². The van der Waals surface area contributed by atoms with Crippen molar-refractivity contribution in [2.45, 2.75) is 59.8 Å². The van der Waals surface area contributed by atoms with Gasteiger partial charge in [0, 0.05) is 140 Å². The van der Waals surface area contributed by atoms with Crippen molar-refractivity contribution >= 4 is 133 Å². The third kappa shape index (κ3) is 15.2. The molecule has 0 unspecified atom stereocenters. The average Bonchev–Trinajstić information content (AvgIpc) is 1.61. The molecule has 117 heavy (non-hydrogen) atoms. The number of nitrogens with zero attached hydrogens (tertiary/aromatic N) is 8. The highest BCUT2D eigenvalue weighted by Crippen LogP contribution is 2.42. The molecule has 4 aromatic heterocycles. The fourth-order valence-corrected chi connectivity index (χ4v) is 16.8. The molecular formula is C109H98N8. The molecule has 0 amide bonds. The van der Waals surface area contributed by atoms with Crippen molar-refractivity contribution in [2.75, 3.05) is 47.8 Å². The summed E-state index contributed by atoms with van der Waals surface area (Å²) in [7, 11) is 8.52. The van der Waals surface area contributed by atoms with Crippen LogP contribution in [0.2, 0.25) is 0 Å². The molecule has 8 heteroatoms. The van der Waals surface area contributed by atoms with Gasteiger partial charge in [0.25, 0.3) is 0 Å². The predicted octanol–water partition coefficient (Wildman–Crippen LogP) is 29.2. The number of anilines is 8. The molecule has 0 aliphatic carbocycles. The van der Waals surface area contributed by atoms with E-state index in [2.05, 4.69) is 489 Å². The summed E-state index contributed by atoms with van der Waals surface area (Å²) in [5.74, 6) is 0.500. The first kappa shape index (κ1) is 75.6. The number of rotatable bonds is 16. The number of para-hydroxylation sites is 8. The number of benzene rings is 16. The summed E-state index contributed by atoms with van der Waals surface area (Å²) in [6, 6.07) is 139. The van der Waals surface area contributed by atoms with Gasteiger partial charge in [-0.1, -0.05) is 210 Å². The van der Waals surface area contributed by atoms with Gasteiger partial charge in [-0.25, -0.2) is 0 Å². The van der Waals surface area contributed by atoms with Gasteiger partial charge < -0.3 is 37.9 Å². The van der Waals surface area contributed by atoms with Crippen molar-refractivity contribution in [3.05, 3.63) is 411 Å². The minimum atomic E-state index is 0.500. The molecule has 16 aromatic carbocycles. The normalized spacial score (nSPS) is 11.3. The molecule has 20 rings (SSSR count). The van der Waals surface area contributed by atoms with Crippen molar-refractivity contribution < 1.29 is 0 Å². The molecule has 0 fully saturated rings. The Labute approximate surface area is 687 Å². The third-order valence-corrected chi connectivity index (χ3v) is 23.1. The lowest BCUT2D eigenvalue weighted by Crippen LogP contribution is -2.08. The van der Waals surface area contributed by atoms with Gasteiger partial charge in [-0.15, -0.1) is 0 Å². The molecule has 4 heterocycles. The van der Waals surface area contributed by atoms with E-state index in [1.165, 1.54) is 178 Å². The van der Waals surface area contributed by atoms with Crippen LogP contribution in [0, 0.1) is 6.92 Å². The van der Waals surface area contributed by atoms with Gasteiger partial charge in [-0.05, 0) is 261 Å². The minimum absolute atomic E-state index is 0.500. The van der Waals surface area contributed by atoms with Crippen LogP contribution in [0.4, 0.5) is 45.5 Å². The van der Waals surface area contributed by atoms with Gasteiger partial charge in [0.2, 0.25) is 0 Å². The maximum Gasteiger partial charge on any atom is 0.0542 e. The van der Waals surface area contributed by atoms with E-state index in [9.17, 15) is 0 Å². The number of hydrogen-bond donors (Lipinski definition) is 0. The van der Waals surface area contributed by atoms with Crippen LogP contribution < -0.4 is 19.6 Å². The van der Waals surface area contributed by atoms with Gasteiger partial charge in [0.15, 0.2) is 0 Å². The lowest BCUT2D eigenvalue weighted by Gasteiger charge is -2.19. The molecule has 0 radical (unpaired) electrons. The Hall–Kier alpha value is -14.1. The second-order valence-corrected chi connectivity index (χ2v) is 30.8. The second kappa shape index (κ2) is 33.5. The van der Waals surface area contributed by atoms with Crippen molar-refractivity contribution in [3.63, 3.8) is 0 Å². The Morgan fingerprint density at radius 3 is 0.761 bits per heavy atom. The Morgan fingerprint density at radius 1 is 0.231 bits per heavy atom. The first-order valence-electron chi connectivity index (χ1n) is 41.0. The van der Waals surface area contributed by atoms with E-state index in [4.69, 9.17) is 0 Å². The Balaban J connectivity index is 0.000000112. The number of aromatic nitrogens is 4. The highest BCUT2D eigenvalue weighted by atomic mass is 15.1. The maximum absolute atomic E-state index is 2.38. The Kier molecular flexibility index (Phi) is 21.7. The molecule has 0 atom stereocenters. The molecule has 0 spiro atoms. The lowest BCUT2D eigenvalue weighted by molar-refractivity contribution is 0.868. The van der Waals surface area contributed by atoms with Gasteiger partial charge in [0.1, 0.15) is 0 Å². The summed E-state index contributed by atoms with van der Waals surface area (Å²) in [6.45, 7) is 11.1. The Bertz CT molecular complexity index is 6830. The van der Waals surface area contributed by atoms with Crippen LogP contribution >= 0.6 is 0 Å². The zero-order valence-corrected chi connectivity index (χ0v) is 68.2. The van der Waals surface area contributed by atoms with E-state index >= 15 is 0 Å². The van der Waals surface area contributed by atoms with E-state index in [1.807, 2.05) is 0 Å². The van der Waals surface area contributed by atoms with Crippen LogP contribution in [-0.2, 0) is 12.8 Å². The first-order valence-corrected chi connectivity index (χ1v) is 41.0. The summed E-state index contributed by atoms with van der Waals surface area (Å²) in [6.07, 6.45) is 3.31. The summed E-state index contributed by atoms with van der Waals surface area (Å²) in [4.78, 5) is 8.98. The van der Waals surface area contributed by atoms with Crippen LogP contribution in [0.15, 0.2) is 388 Å². The SMILES string of the molecule is CC(C)c1ccc2c(c1)c1cc(N(C)c3ccccc3)ccc1n2-c1ccccc1.CCCc1ccc2c(c1)c1cc(N(C)c3ccccc3)ccc1n2-c1ccccc1.CCc1ccc2c(c1)c1cc(N(C)c3ccccc3)ccc1n2-c1ccccc1.Cc1ccc2c(c1)c1cc(N(C)c3ccccc3)ccc1n2-c1ccccc1. The fourth-order valence-electron chi connectivity index (χ4n) is 16.8. The van der Waals surface area contributed by atoms with E-state index in [0.717, 1.165) is 19.3 Å². The molecule has 0 bridgehead atoms. The molecule has 0 aliphatic rings. The van der Waals surface area contributed by atoms with E-state index in [0.29, 0.717) is 5.92 Å². The average molecular weight is 1520 g/mol. The quantitative estimate of drug-likeness (QED) is 0.0965. The van der Waals surface area contributed by atoms with Gasteiger partial charge >= 0.3 is 0 Å². The van der Waals surface area contributed by atoms with Crippen LogP contribution in [0.1, 0.15) is 62.3 Å². The summed E-state index contributed by atoms with van der Waals surface area (Å²) >= 11 is 0.